The van der Waals surface area contributed by atoms with Crippen LogP contribution in [0.25, 0.3) is 0 Å². The summed E-state index contributed by atoms with van der Waals surface area (Å²) in [6.07, 6.45) is 9.08. The number of aromatic nitrogens is 6. The molecule has 0 radical (unpaired) electrons. The SMILES string of the molecule is CCN(c1nc(NCC(=O)O)nc(N(CC)C2CC(C)(C)NC(C)(C)C2)n1)C1CC(C)(C)NC(C)(C)C1.CCN(c1nc(NCC(=O)O)nc(N(CC)C2CC(C)(C)NC(C)(C)C2)n1)C1CC(C)(C)NC(C)(C)C1.OCCCCO. The second-order valence-corrected chi connectivity index (χ2v) is 28.1. The zero-order valence-corrected chi connectivity index (χ0v) is 53.1. The summed E-state index contributed by atoms with van der Waals surface area (Å²) in [6, 6.07) is 0.965. The van der Waals surface area contributed by atoms with Crippen molar-refractivity contribution in [3.8, 4) is 0 Å². The number of carboxylic acids is 2. The fourth-order valence-electron chi connectivity index (χ4n) is 14.1. The summed E-state index contributed by atoms with van der Waals surface area (Å²) in [4.78, 5) is 60.8. The second kappa shape index (κ2) is 27.3. The number of hydrogen-bond acceptors (Lipinski definition) is 20. The quantitative estimate of drug-likeness (QED) is 0.0562. The molecule has 0 aromatic carbocycles. The van der Waals surface area contributed by atoms with E-state index in [9.17, 15) is 19.8 Å². The highest BCUT2D eigenvalue weighted by Crippen LogP contribution is 2.38. The van der Waals surface area contributed by atoms with Crippen LogP contribution < -0.4 is 51.5 Å². The Morgan fingerprint density at radius 1 is 0.400 bits per heavy atom. The van der Waals surface area contributed by atoms with Crippen LogP contribution in [0.2, 0.25) is 0 Å². The number of nitrogens with zero attached hydrogens (tertiary/aromatic N) is 10. The molecule has 22 heteroatoms. The third-order valence-electron chi connectivity index (χ3n) is 15.4. The molecule has 4 aliphatic heterocycles. The van der Waals surface area contributed by atoms with Gasteiger partial charge in [0.05, 0.1) is 0 Å². The summed E-state index contributed by atoms with van der Waals surface area (Å²) in [7, 11) is 0. The van der Waals surface area contributed by atoms with Gasteiger partial charge in [0, 0.05) is 108 Å². The van der Waals surface area contributed by atoms with Crippen molar-refractivity contribution in [2.75, 3.05) is 82.7 Å². The Balaban J connectivity index is 0.000000312. The largest absolute Gasteiger partial charge is 0.480 e. The molecule has 0 unspecified atom stereocenters. The van der Waals surface area contributed by atoms with Gasteiger partial charge in [-0.25, -0.2) is 0 Å². The minimum atomic E-state index is -0.952. The van der Waals surface area contributed by atoms with E-state index in [2.05, 4.69) is 190 Å². The van der Waals surface area contributed by atoms with Crippen LogP contribution in [0, 0.1) is 0 Å². The fraction of sp³-hybridized carbons (Fsp3) is 0.862. The maximum Gasteiger partial charge on any atom is 0.322 e. The smallest absolute Gasteiger partial charge is 0.322 e. The average Bonchev–Trinajstić information content (AvgIpc) is 3.27. The average molecular weight is 1130 g/mol. The first-order valence-electron chi connectivity index (χ1n) is 29.7. The predicted octanol–water partition coefficient (Wildman–Crippen LogP) is 7.03. The number of aliphatic hydroxyl groups excluding tert-OH is 2. The van der Waals surface area contributed by atoms with Gasteiger partial charge in [0.25, 0.3) is 0 Å². The molecule has 0 aliphatic carbocycles. The van der Waals surface area contributed by atoms with E-state index in [0.29, 0.717) is 35.7 Å². The molecule has 458 valence electrons. The van der Waals surface area contributed by atoms with E-state index >= 15 is 0 Å². The molecule has 0 saturated carbocycles. The van der Waals surface area contributed by atoms with E-state index < -0.39 is 11.9 Å². The lowest BCUT2D eigenvalue weighted by Gasteiger charge is -2.50. The second-order valence-electron chi connectivity index (χ2n) is 28.1. The molecular weight excluding hydrogens is 1020 g/mol. The van der Waals surface area contributed by atoms with Gasteiger partial charge in [-0.2, -0.15) is 29.9 Å². The fourth-order valence-corrected chi connectivity index (χ4v) is 14.1. The highest BCUT2D eigenvalue weighted by molar-refractivity contribution is 5.72. The van der Waals surface area contributed by atoms with Gasteiger partial charge in [-0.3, -0.25) is 9.59 Å². The monoisotopic (exact) mass is 1130 g/mol. The van der Waals surface area contributed by atoms with Gasteiger partial charge in [0.15, 0.2) is 0 Å². The number of unbranched alkanes of at least 4 members (excludes halogenated alkanes) is 1. The summed E-state index contributed by atoms with van der Waals surface area (Å²) in [5, 5.41) is 55.6. The third kappa shape index (κ3) is 20.7. The van der Waals surface area contributed by atoms with Crippen LogP contribution in [0.15, 0.2) is 0 Å². The highest BCUT2D eigenvalue weighted by Gasteiger charge is 2.45. The number of anilines is 6. The van der Waals surface area contributed by atoms with Crippen molar-refractivity contribution in [2.24, 2.45) is 0 Å². The van der Waals surface area contributed by atoms with Crippen LogP contribution in [0.4, 0.5) is 35.7 Å². The molecule has 0 amide bonds. The van der Waals surface area contributed by atoms with Gasteiger partial charge in [0.1, 0.15) is 13.1 Å². The Labute approximate surface area is 481 Å². The zero-order chi connectivity index (χ0) is 60.5. The van der Waals surface area contributed by atoms with Crippen molar-refractivity contribution in [1.29, 1.82) is 0 Å². The van der Waals surface area contributed by atoms with Gasteiger partial charge in [0.2, 0.25) is 35.7 Å². The number of rotatable bonds is 21. The van der Waals surface area contributed by atoms with Crippen LogP contribution in [0.3, 0.4) is 0 Å². The van der Waals surface area contributed by atoms with Gasteiger partial charge in [-0.15, -0.1) is 0 Å². The molecule has 2 aromatic rings. The molecule has 4 fully saturated rings. The summed E-state index contributed by atoms with van der Waals surface area (Å²) in [5.41, 5.74) is -0.208. The molecule has 80 heavy (non-hydrogen) atoms. The number of hydrogen-bond donors (Lipinski definition) is 10. The first-order chi connectivity index (χ1) is 36.8. The summed E-state index contributed by atoms with van der Waals surface area (Å²) < 4.78 is 0. The molecule has 4 aliphatic rings. The van der Waals surface area contributed by atoms with E-state index in [4.69, 9.17) is 40.1 Å². The predicted molar refractivity (Wildman–Crippen MR) is 325 cm³/mol. The molecule has 6 rings (SSSR count). The van der Waals surface area contributed by atoms with Gasteiger partial charge >= 0.3 is 11.9 Å². The molecule has 2 aromatic heterocycles. The van der Waals surface area contributed by atoms with Crippen LogP contribution in [0.5, 0.6) is 0 Å². The van der Waals surface area contributed by atoms with Crippen LogP contribution in [0.1, 0.15) is 203 Å². The maximum absolute atomic E-state index is 11.3. The Morgan fingerprint density at radius 2 is 0.588 bits per heavy atom. The minimum absolute atomic E-state index is 0.0260. The molecule has 0 bridgehead atoms. The van der Waals surface area contributed by atoms with Crippen LogP contribution in [-0.2, 0) is 9.59 Å². The van der Waals surface area contributed by atoms with Gasteiger partial charge in [-0.05, 0) is 203 Å². The summed E-state index contributed by atoms with van der Waals surface area (Å²) in [6.45, 7) is 47.3. The van der Waals surface area contributed by atoms with Gasteiger partial charge in [-0.1, -0.05) is 0 Å². The minimum Gasteiger partial charge on any atom is -0.480 e. The molecular formula is C58H110N16O6. The van der Waals surface area contributed by atoms with Crippen molar-refractivity contribution in [3.05, 3.63) is 0 Å². The lowest BCUT2D eigenvalue weighted by Crippen LogP contribution is -2.62. The molecule has 4 saturated heterocycles. The number of carboxylic acid groups (broad SMARTS) is 2. The van der Waals surface area contributed by atoms with Crippen molar-refractivity contribution >= 4 is 47.6 Å². The molecule has 0 spiro atoms. The maximum atomic E-state index is 11.3. The number of piperidine rings is 4. The van der Waals surface area contributed by atoms with E-state index in [1.54, 1.807) is 0 Å². The Morgan fingerprint density at radius 3 is 0.738 bits per heavy atom. The summed E-state index contributed by atoms with van der Waals surface area (Å²) in [5.74, 6) is 1.11. The number of aliphatic carboxylic acids is 2. The normalized spacial score (nSPS) is 21.8. The molecule has 0 atom stereocenters. The van der Waals surface area contributed by atoms with E-state index in [1.165, 1.54) is 0 Å². The highest BCUT2D eigenvalue weighted by atomic mass is 16.4. The van der Waals surface area contributed by atoms with Crippen molar-refractivity contribution in [1.82, 2.24) is 51.2 Å². The number of nitrogens with one attached hydrogen (secondary N) is 6. The van der Waals surface area contributed by atoms with Crippen molar-refractivity contribution < 1.29 is 30.0 Å². The van der Waals surface area contributed by atoms with E-state index in [-0.39, 0.29) is 94.8 Å². The molecule has 22 nitrogen and oxygen atoms in total. The Kier molecular flexibility index (Phi) is 23.2. The molecule has 6 heterocycles. The third-order valence-corrected chi connectivity index (χ3v) is 15.4. The first-order valence-corrected chi connectivity index (χ1v) is 29.7. The number of aliphatic hydroxyl groups is 2. The Hall–Kier alpha value is -4.48. The topological polar surface area (TPSA) is 278 Å². The Bertz CT molecular complexity index is 1960. The lowest BCUT2D eigenvalue weighted by atomic mass is 9.79. The zero-order valence-electron chi connectivity index (χ0n) is 53.1. The van der Waals surface area contributed by atoms with E-state index in [0.717, 1.165) is 90.4 Å². The van der Waals surface area contributed by atoms with Crippen LogP contribution in [-0.4, -0.2) is 183 Å². The van der Waals surface area contributed by atoms with Gasteiger partial charge < -0.3 is 71.9 Å². The van der Waals surface area contributed by atoms with Crippen LogP contribution >= 0.6 is 0 Å². The lowest BCUT2D eigenvalue weighted by molar-refractivity contribution is -0.136. The number of carbonyl (C=O) groups is 2. The first kappa shape index (κ1) is 68.0. The summed E-state index contributed by atoms with van der Waals surface area (Å²) >= 11 is 0. The molecule has 10 N–H and O–H groups in total. The van der Waals surface area contributed by atoms with Crippen molar-refractivity contribution in [3.63, 3.8) is 0 Å². The van der Waals surface area contributed by atoms with Crippen molar-refractivity contribution in [2.45, 2.75) is 271 Å². The van der Waals surface area contributed by atoms with E-state index in [1.807, 2.05) is 0 Å². The standard InChI is InChI=1S/2C27H50N8O2.C4H10O2/c2*1-11-34(18-13-24(3,4)32-25(5,6)14-18)22-29-21(28-17-20(36)37)30-23(31-22)35(12-2)19-15-26(7,8)33-27(9,10)16-19;5-3-1-2-4-6/h2*18-19,32-33H,11-17H2,1-10H3,(H,36,37)(H,28,29,30,31);5-6H,1-4H2.